The van der Waals surface area contributed by atoms with E-state index in [0.29, 0.717) is 22.0 Å². The van der Waals surface area contributed by atoms with Gasteiger partial charge in [0, 0.05) is 16.6 Å². The molecule has 0 fully saturated rings. The van der Waals surface area contributed by atoms with E-state index in [1.165, 1.54) is 24.3 Å². The number of rotatable bonds is 7. The van der Waals surface area contributed by atoms with Gasteiger partial charge in [-0.25, -0.2) is 13.1 Å². The third kappa shape index (κ3) is 5.93. The van der Waals surface area contributed by atoms with E-state index < -0.39 is 16.1 Å². The van der Waals surface area contributed by atoms with Gasteiger partial charge in [-0.15, -0.1) is 6.58 Å². The highest BCUT2D eigenvalue weighted by Crippen LogP contribution is 2.23. The number of nitrogens with one attached hydrogen (secondary N) is 1. The zero-order valence-electron chi connectivity index (χ0n) is 10.1. The second-order valence-electron chi connectivity index (χ2n) is 3.96. The molecular formula is C12H15Cl2NO3S. The molecule has 0 aliphatic rings. The van der Waals surface area contributed by atoms with Crippen LogP contribution in [0.4, 0.5) is 0 Å². The molecule has 0 bridgehead atoms. The van der Waals surface area contributed by atoms with Gasteiger partial charge in [0.2, 0.25) is 10.0 Å². The van der Waals surface area contributed by atoms with E-state index in [1.54, 1.807) is 0 Å². The van der Waals surface area contributed by atoms with Gasteiger partial charge in [0.15, 0.2) is 0 Å². The summed E-state index contributed by atoms with van der Waals surface area (Å²) in [5, 5.41) is 10.7. The van der Waals surface area contributed by atoms with E-state index in [9.17, 15) is 13.5 Å². The first-order valence-corrected chi connectivity index (χ1v) is 7.97. The number of aliphatic hydroxyl groups excluding tert-OH is 1. The van der Waals surface area contributed by atoms with Gasteiger partial charge < -0.3 is 5.11 Å². The molecule has 0 heterocycles. The molecule has 0 aliphatic heterocycles. The Labute approximate surface area is 123 Å². The molecule has 1 aromatic rings. The maximum Gasteiger partial charge on any atom is 0.211 e. The van der Waals surface area contributed by atoms with E-state index in [1.807, 2.05) is 0 Å². The Hall–Kier alpha value is -0.590. The zero-order valence-corrected chi connectivity index (χ0v) is 12.5. The molecule has 0 aromatic heterocycles. The minimum absolute atomic E-state index is 0.0560. The summed E-state index contributed by atoms with van der Waals surface area (Å²) in [5.74, 6) is -0.0560. The van der Waals surface area contributed by atoms with Gasteiger partial charge in [-0.2, -0.15) is 0 Å². The number of hydrogen-bond acceptors (Lipinski definition) is 3. The summed E-state index contributed by atoms with van der Waals surface area (Å²) in [7, 11) is -3.41. The van der Waals surface area contributed by atoms with Gasteiger partial charge in [0.1, 0.15) is 0 Å². The maximum absolute atomic E-state index is 11.5. The minimum Gasteiger partial charge on any atom is -0.387 e. The van der Waals surface area contributed by atoms with Gasteiger partial charge in [-0.3, -0.25) is 0 Å². The maximum atomic E-state index is 11.5. The van der Waals surface area contributed by atoms with Gasteiger partial charge >= 0.3 is 0 Å². The first-order chi connectivity index (χ1) is 8.84. The van der Waals surface area contributed by atoms with Crippen molar-refractivity contribution in [2.45, 2.75) is 12.5 Å². The van der Waals surface area contributed by atoms with Gasteiger partial charge in [-0.05, 0) is 30.2 Å². The van der Waals surface area contributed by atoms with Crippen LogP contribution in [0, 0.1) is 0 Å². The number of sulfonamides is 1. The van der Waals surface area contributed by atoms with Crippen LogP contribution in [0.3, 0.4) is 0 Å². The predicted molar refractivity (Wildman–Crippen MR) is 78.0 cm³/mol. The number of halogens is 2. The Morgan fingerprint density at radius 2 is 1.89 bits per heavy atom. The predicted octanol–water partition coefficient (Wildman–Crippen LogP) is 2.52. The lowest BCUT2D eigenvalue weighted by molar-refractivity contribution is 0.182. The quantitative estimate of drug-likeness (QED) is 0.758. The molecule has 0 saturated heterocycles. The molecule has 1 aromatic carbocycles. The molecule has 106 valence electrons. The normalized spacial score (nSPS) is 13.2. The van der Waals surface area contributed by atoms with Crippen molar-refractivity contribution in [3.63, 3.8) is 0 Å². The fraction of sp³-hybridized carbons (Fsp3) is 0.333. The van der Waals surface area contributed by atoms with Crippen molar-refractivity contribution < 1.29 is 13.5 Å². The van der Waals surface area contributed by atoms with Crippen molar-refractivity contribution in [3.05, 3.63) is 46.5 Å². The Balaban J connectivity index is 2.64. The Kier molecular flexibility index (Phi) is 6.29. The molecule has 0 spiro atoms. The smallest absolute Gasteiger partial charge is 0.211 e. The lowest BCUT2D eigenvalue weighted by Gasteiger charge is -2.13. The van der Waals surface area contributed by atoms with Gasteiger partial charge in [0.25, 0.3) is 0 Å². The molecule has 1 unspecified atom stereocenters. The molecule has 0 radical (unpaired) electrons. The fourth-order valence-corrected chi connectivity index (χ4v) is 2.98. The van der Waals surface area contributed by atoms with Gasteiger partial charge in [-0.1, -0.05) is 29.3 Å². The van der Waals surface area contributed by atoms with Crippen LogP contribution >= 0.6 is 23.2 Å². The average molecular weight is 324 g/mol. The monoisotopic (exact) mass is 323 g/mol. The van der Waals surface area contributed by atoms with Crippen molar-refractivity contribution in [2.24, 2.45) is 0 Å². The summed E-state index contributed by atoms with van der Waals surface area (Å²) in [6, 6.07) is 4.61. The molecule has 0 aliphatic carbocycles. The Morgan fingerprint density at radius 3 is 2.42 bits per heavy atom. The number of hydrogen-bond donors (Lipinski definition) is 2. The van der Waals surface area contributed by atoms with Crippen LogP contribution in [0.2, 0.25) is 10.0 Å². The van der Waals surface area contributed by atoms with Crippen LogP contribution in [0.15, 0.2) is 30.9 Å². The van der Waals surface area contributed by atoms with Crippen molar-refractivity contribution in [1.82, 2.24) is 4.72 Å². The average Bonchev–Trinajstić information content (AvgIpc) is 2.32. The summed E-state index contributed by atoms with van der Waals surface area (Å²) in [4.78, 5) is 0. The second kappa shape index (κ2) is 7.26. The highest BCUT2D eigenvalue weighted by Gasteiger charge is 2.14. The van der Waals surface area contributed by atoms with Crippen molar-refractivity contribution >= 4 is 33.2 Å². The number of allylic oxidation sites excluding steroid dienone is 1. The van der Waals surface area contributed by atoms with Crippen molar-refractivity contribution in [2.75, 3.05) is 12.3 Å². The largest absolute Gasteiger partial charge is 0.387 e. The molecule has 1 atom stereocenters. The first kappa shape index (κ1) is 16.5. The summed E-state index contributed by atoms with van der Waals surface area (Å²) in [5.41, 5.74) is 0.462. The topological polar surface area (TPSA) is 66.4 Å². The minimum atomic E-state index is -3.41. The summed E-state index contributed by atoms with van der Waals surface area (Å²) < 4.78 is 25.4. The summed E-state index contributed by atoms with van der Waals surface area (Å²) >= 11 is 11.6. The lowest BCUT2D eigenvalue weighted by Crippen LogP contribution is -2.30. The van der Waals surface area contributed by atoms with Gasteiger partial charge in [0.05, 0.1) is 11.9 Å². The number of benzene rings is 1. The Morgan fingerprint density at radius 1 is 1.32 bits per heavy atom. The van der Waals surface area contributed by atoms with Crippen LogP contribution in [-0.4, -0.2) is 25.8 Å². The number of aliphatic hydroxyl groups is 1. The molecular weight excluding hydrogens is 309 g/mol. The van der Waals surface area contributed by atoms with Crippen molar-refractivity contribution in [1.29, 1.82) is 0 Å². The van der Waals surface area contributed by atoms with Crippen LogP contribution in [0.25, 0.3) is 0 Å². The highest BCUT2D eigenvalue weighted by molar-refractivity contribution is 7.89. The van der Waals surface area contributed by atoms with Crippen LogP contribution in [-0.2, 0) is 10.0 Å². The third-order valence-electron chi connectivity index (χ3n) is 2.36. The first-order valence-electron chi connectivity index (χ1n) is 5.56. The van der Waals surface area contributed by atoms with Crippen LogP contribution in [0.5, 0.6) is 0 Å². The second-order valence-corrected chi connectivity index (χ2v) is 6.76. The van der Waals surface area contributed by atoms with Crippen LogP contribution in [0.1, 0.15) is 18.1 Å². The van der Waals surface area contributed by atoms with E-state index in [4.69, 9.17) is 23.2 Å². The summed E-state index contributed by atoms with van der Waals surface area (Å²) in [6.07, 6.45) is 0.871. The molecule has 2 N–H and O–H groups in total. The SMILES string of the molecule is C=CCCS(=O)(=O)NCC(O)c1cc(Cl)cc(Cl)c1. The van der Waals surface area contributed by atoms with E-state index in [0.717, 1.165) is 0 Å². The molecule has 19 heavy (non-hydrogen) atoms. The van der Waals surface area contributed by atoms with Crippen molar-refractivity contribution in [3.8, 4) is 0 Å². The Bertz CT molecular complexity index is 526. The highest BCUT2D eigenvalue weighted by atomic mass is 35.5. The zero-order chi connectivity index (χ0) is 14.5. The molecule has 1 rings (SSSR count). The molecule has 0 amide bonds. The third-order valence-corrected chi connectivity index (χ3v) is 4.17. The van der Waals surface area contributed by atoms with E-state index in [2.05, 4.69) is 11.3 Å². The lowest BCUT2D eigenvalue weighted by atomic mass is 10.1. The summed E-state index contributed by atoms with van der Waals surface area (Å²) in [6.45, 7) is 3.33. The standard InChI is InChI=1S/C12H15Cl2NO3S/c1-2-3-4-19(17,18)15-8-12(16)9-5-10(13)7-11(14)6-9/h2,5-7,12,15-16H,1,3-4,8H2. The van der Waals surface area contributed by atoms with Crippen LogP contribution < -0.4 is 4.72 Å². The molecule has 7 heteroatoms. The van der Waals surface area contributed by atoms with E-state index in [-0.39, 0.29) is 12.3 Å². The van der Waals surface area contributed by atoms with E-state index >= 15 is 0 Å². The molecule has 4 nitrogen and oxygen atoms in total. The fourth-order valence-electron chi connectivity index (χ4n) is 1.40. The molecule has 0 saturated carbocycles.